The summed E-state index contributed by atoms with van der Waals surface area (Å²) in [5, 5.41) is 7.01. The number of pyridine rings is 1. The Balaban J connectivity index is 1.55. The second kappa shape index (κ2) is 8.30. The molecule has 0 aliphatic heterocycles. The average Bonchev–Trinajstić information content (AvgIpc) is 3.20. The van der Waals surface area contributed by atoms with Gasteiger partial charge in [0.25, 0.3) is 11.4 Å². The van der Waals surface area contributed by atoms with Crippen LogP contribution in [0.15, 0.2) is 76.2 Å². The Morgan fingerprint density at radius 3 is 2.70 bits per heavy atom. The molecule has 1 N–H and O–H groups in total. The minimum atomic E-state index is -0.465. The van der Waals surface area contributed by atoms with Crippen molar-refractivity contribution in [3.63, 3.8) is 0 Å². The third kappa shape index (κ3) is 4.28. The van der Waals surface area contributed by atoms with Crippen molar-refractivity contribution in [2.45, 2.75) is 6.54 Å². The summed E-state index contributed by atoms with van der Waals surface area (Å²) in [5.41, 5.74) is 0.753. The Hall–Kier alpha value is -3.78. The van der Waals surface area contributed by atoms with Gasteiger partial charge >= 0.3 is 0 Å². The van der Waals surface area contributed by atoms with Crippen LogP contribution in [0.5, 0.6) is 0 Å². The summed E-state index contributed by atoms with van der Waals surface area (Å²) < 4.78 is 19.5. The molecule has 0 fully saturated rings. The Kier molecular flexibility index (Phi) is 5.40. The maximum atomic E-state index is 13.1. The molecule has 150 valence electrons. The molecular weight excluding hydrogens is 411 g/mol. The van der Waals surface area contributed by atoms with E-state index < -0.39 is 11.5 Å². The fourth-order valence-corrected chi connectivity index (χ4v) is 2.98. The van der Waals surface area contributed by atoms with E-state index >= 15 is 0 Å². The first kappa shape index (κ1) is 19.5. The highest BCUT2D eigenvalue weighted by Gasteiger charge is 2.16. The molecule has 1 amide bonds. The first-order valence-electron chi connectivity index (χ1n) is 8.84. The van der Waals surface area contributed by atoms with E-state index in [-0.39, 0.29) is 29.6 Å². The number of hydrogen-bond donors (Lipinski definition) is 1. The highest BCUT2D eigenvalue weighted by atomic mass is 35.5. The predicted octanol–water partition coefficient (Wildman–Crippen LogP) is 4.00. The number of carbonyl (C=O) groups is 1. The van der Waals surface area contributed by atoms with Crippen LogP contribution in [0, 0.1) is 5.82 Å². The van der Waals surface area contributed by atoms with E-state index in [4.69, 9.17) is 16.1 Å². The molecule has 0 spiro atoms. The molecule has 0 bridgehead atoms. The largest absolute Gasteiger partial charge is 0.333 e. The summed E-state index contributed by atoms with van der Waals surface area (Å²) in [5.74, 6) is -0.555. The first-order chi connectivity index (χ1) is 14.5. The van der Waals surface area contributed by atoms with Gasteiger partial charge in [0.15, 0.2) is 0 Å². The summed E-state index contributed by atoms with van der Waals surface area (Å²) in [6, 6.07) is 15.4. The fraction of sp³-hybridized carbons (Fsp3) is 0.0476. The van der Waals surface area contributed by atoms with Gasteiger partial charge in [0.1, 0.15) is 17.9 Å². The van der Waals surface area contributed by atoms with Crippen LogP contribution < -0.4 is 10.9 Å². The molecule has 7 nitrogen and oxygen atoms in total. The lowest BCUT2D eigenvalue weighted by Crippen LogP contribution is -2.28. The molecule has 4 rings (SSSR count). The molecule has 2 heterocycles. The molecule has 0 saturated heterocycles. The zero-order valence-electron chi connectivity index (χ0n) is 15.4. The lowest BCUT2D eigenvalue weighted by atomic mass is 10.2. The topological polar surface area (TPSA) is 90.0 Å². The number of halogens is 2. The summed E-state index contributed by atoms with van der Waals surface area (Å²) in [4.78, 5) is 29.3. The highest BCUT2D eigenvalue weighted by molar-refractivity contribution is 6.30. The van der Waals surface area contributed by atoms with Crippen LogP contribution in [0.4, 0.5) is 10.1 Å². The number of aromatic nitrogens is 3. The van der Waals surface area contributed by atoms with Crippen molar-refractivity contribution in [3.05, 3.63) is 88.1 Å². The summed E-state index contributed by atoms with van der Waals surface area (Å²) in [7, 11) is 0. The number of anilines is 1. The van der Waals surface area contributed by atoms with Crippen LogP contribution in [-0.2, 0) is 11.3 Å². The highest BCUT2D eigenvalue weighted by Crippen LogP contribution is 2.20. The maximum absolute atomic E-state index is 13.1. The van der Waals surface area contributed by atoms with E-state index in [2.05, 4.69) is 15.5 Å². The zero-order valence-corrected chi connectivity index (χ0v) is 16.1. The minimum absolute atomic E-state index is 0.00363. The van der Waals surface area contributed by atoms with E-state index in [1.807, 2.05) is 0 Å². The van der Waals surface area contributed by atoms with Gasteiger partial charge in [0.2, 0.25) is 11.7 Å². The van der Waals surface area contributed by atoms with Crippen molar-refractivity contribution in [3.8, 4) is 22.8 Å². The van der Waals surface area contributed by atoms with Gasteiger partial charge in [-0.25, -0.2) is 4.39 Å². The summed E-state index contributed by atoms with van der Waals surface area (Å²) in [6.45, 7) is -0.210. The van der Waals surface area contributed by atoms with E-state index in [0.29, 0.717) is 16.3 Å². The van der Waals surface area contributed by atoms with Crippen molar-refractivity contribution < 1.29 is 13.7 Å². The molecule has 9 heteroatoms. The number of benzene rings is 2. The van der Waals surface area contributed by atoms with E-state index in [1.165, 1.54) is 41.1 Å². The van der Waals surface area contributed by atoms with E-state index in [1.54, 1.807) is 30.3 Å². The van der Waals surface area contributed by atoms with Crippen molar-refractivity contribution in [2.24, 2.45) is 0 Å². The van der Waals surface area contributed by atoms with E-state index in [9.17, 15) is 14.0 Å². The quantitative estimate of drug-likeness (QED) is 0.523. The van der Waals surface area contributed by atoms with Gasteiger partial charge in [-0.15, -0.1) is 0 Å². The molecule has 0 aliphatic carbocycles. The molecule has 0 aliphatic rings. The number of nitrogens with zero attached hydrogens (tertiary/aromatic N) is 3. The normalized spacial score (nSPS) is 10.7. The van der Waals surface area contributed by atoms with Crippen LogP contribution >= 0.6 is 11.6 Å². The second-order valence-electron chi connectivity index (χ2n) is 6.34. The van der Waals surface area contributed by atoms with Gasteiger partial charge in [0.05, 0.1) is 0 Å². The zero-order chi connectivity index (χ0) is 21.1. The van der Waals surface area contributed by atoms with E-state index in [0.717, 1.165) is 0 Å². The lowest BCUT2D eigenvalue weighted by molar-refractivity contribution is -0.116. The standard InChI is InChI=1S/C21H14ClFN4O3/c22-14-3-1-4-16(11-14)24-18(28)12-27-10-2-5-17(21(27)29)20-25-19(26-30-20)13-6-8-15(23)9-7-13/h1-11H,12H2,(H,24,28). The average molecular weight is 425 g/mol. The second-order valence-corrected chi connectivity index (χ2v) is 6.78. The molecule has 2 aromatic carbocycles. The van der Waals surface area contributed by atoms with Gasteiger partial charge in [-0.1, -0.05) is 22.8 Å². The monoisotopic (exact) mass is 424 g/mol. The third-order valence-electron chi connectivity index (χ3n) is 4.20. The van der Waals surface area contributed by atoms with Crippen LogP contribution in [0.3, 0.4) is 0 Å². The van der Waals surface area contributed by atoms with Crippen LogP contribution in [0.2, 0.25) is 5.02 Å². The van der Waals surface area contributed by atoms with Crippen molar-refractivity contribution in [1.82, 2.24) is 14.7 Å². The Morgan fingerprint density at radius 1 is 1.13 bits per heavy atom. The molecule has 0 saturated carbocycles. The first-order valence-corrected chi connectivity index (χ1v) is 9.22. The Labute approximate surface area is 174 Å². The predicted molar refractivity (Wildman–Crippen MR) is 109 cm³/mol. The maximum Gasteiger partial charge on any atom is 0.263 e. The Morgan fingerprint density at radius 2 is 1.93 bits per heavy atom. The number of nitrogens with one attached hydrogen (secondary N) is 1. The summed E-state index contributed by atoms with van der Waals surface area (Å²) in [6.07, 6.45) is 1.49. The summed E-state index contributed by atoms with van der Waals surface area (Å²) >= 11 is 5.91. The molecule has 0 radical (unpaired) electrons. The van der Waals surface area contributed by atoms with Crippen molar-refractivity contribution >= 4 is 23.2 Å². The number of hydrogen-bond acceptors (Lipinski definition) is 5. The van der Waals surface area contributed by atoms with Gasteiger partial charge in [-0.05, 0) is 54.6 Å². The van der Waals surface area contributed by atoms with Gasteiger partial charge in [-0.3, -0.25) is 9.59 Å². The molecule has 0 unspecified atom stereocenters. The van der Waals surface area contributed by atoms with Gasteiger partial charge in [0, 0.05) is 22.5 Å². The smallest absolute Gasteiger partial charge is 0.263 e. The van der Waals surface area contributed by atoms with Crippen molar-refractivity contribution in [2.75, 3.05) is 5.32 Å². The number of carbonyl (C=O) groups excluding carboxylic acids is 1. The SMILES string of the molecule is O=C(Cn1cccc(-c2nc(-c3ccc(F)cc3)no2)c1=O)Nc1cccc(Cl)c1. The van der Waals surface area contributed by atoms with Crippen LogP contribution in [-0.4, -0.2) is 20.6 Å². The molecule has 30 heavy (non-hydrogen) atoms. The van der Waals surface area contributed by atoms with Crippen LogP contribution in [0.25, 0.3) is 22.8 Å². The third-order valence-corrected chi connectivity index (χ3v) is 4.44. The molecular formula is C21H14ClFN4O3. The minimum Gasteiger partial charge on any atom is -0.333 e. The Bertz CT molecular complexity index is 1270. The fourth-order valence-electron chi connectivity index (χ4n) is 2.79. The number of amides is 1. The van der Waals surface area contributed by atoms with Gasteiger partial charge in [-0.2, -0.15) is 4.98 Å². The molecule has 0 atom stereocenters. The van der Waals surface area contributed by atoms with Crippen molar-refractivity contribution in [1.29, 1.82) is 0 Å². The van der Waals surface area contributed by atoms with Crippen LogP contribution in [0.1, 0.15) is 0 Å². The number of rotatable bonds is 5. The lowest BCUT2D eigenvalue weighted by Gasteiger charge is -2.08. The van der Waals surface area contributed by atoms with Gasteiger partial charge < -0.3 is 14.4 Å². The molecule has 4 aromatic rings. The molecule has 2 aromatic heterocycles.